The smallest absolute Gasteiger partial charge is 0.213 e. The van der Waals surface area contributed by atoms with Crippen LogP contribution in [-0.2, 0) is 16.0 Å². The summed E-state index contributed by atoms with van der Waals surface area (Å²) in [6, 6.07) is 3.96. The zero-order valence-corrected chi connectivity index (χ0v) is 18.1. The summed E-state index contributed by atoms with van der Waals surface area (Å²) < 4.78 is 17.5. The highest BCUT2D eigenvalue weighted by Crippen LogP contribution is 2.18. The average molecular weight is 405 g/mol. The molecule has 1 N–H and O–H groups in total. The molecule has 2 aliphatic heterocycles. The molecule has 1 aromatic rings. The quantitative estimate of drug-likeness (QED) is 0.557. The predicted molar refractivity (Wildman–Crippen MR) is 114 cm³/mol. The van der Waals surface area contributed by atoms with Gasteiger partial charge in [-0.15, -0.1) is 0 Å². The van der Waals surface area contributed by atoms with Crippen molar-refractivity contribution in [3.63, 3.8) is 0 Å². The van der Waals surface area contributed by atoms with E-state index in [4.69, 9.17) is 14.2 Å². The van der Waals surface area contributed by atoms with Crippen LogP contribution >= 0.6 is 0 Å². The van der Waals surface area contributed by atoms with Crippen LogP contribution in [-0.4, -0.2) is 67.5 Å². The first-order chi connectivity index (χ1) is 14.1. The van der Waals surface area contributed by atoms with E-state index >= 15 is 0 Å². The molecule has 7 heteroatoms. The molecule has 0 aliphatic carbocycles. The topological polar surface area (TPSA) is 68.2 Å². The normalized spacial score (nSPS) is 21.4. The predicted octanol–water partition coefficient (Wildman–Crippen LogP) is 2.99. The van der Waals surface area contributed by atoms with Gasteiger partial charge in [-0.3, -0.25) is 4.99 Å². The number of hydrogen-bond acceptors (Lipinski definition) is 5. The maximum absolute atomic E-state index is 6.12. The summed E-state index contributed by atoms with van der Waals surface area (Å²) in [5, 5.41) is 3.45. The molecule has 0 bridgehead atoms. The van der Waals surface area contributed by atoms with Gasteiger partial charge in [0.1, 0.15) is 0 Å². The van der Waals surface area contributed by atoms with Gasteiger partial charge in [-0.05, 0) is 51.5 Å². The molecular weight excluding hydrogens is 368 g/mol. The van der Waals surface area contributed by atoms with Gasteiger partial charge in [0.05, 0.1) is 24.9 Å². The number of pyridine rings is 1. The average Bonchev–Trinajstić information content (AvgIpc) is 2.75. The Morgan fingerprint density at radius 2 is 2.10 bits per heavy atom. The molecule has 0 spiro atoms. The Hall–Kier alpha value is -1.86. The molecule has 2 saturated heterocycles. The van der Waals surface area contributed by atoms with Crippen molar-refractivity contribution in [2.45, 2.75) is 70.8 Å². The molecule has 0 aromatic carbocycles. The summed E-state index contributed by atoms with van der Waals surface area (Å²) in [5.74, 6) is 1.59. The maximum atomic E-state index is 6.12. The second kappa shape index (κ2) is 11.4. The van der Waals surface area contributed by atoms with Crippen LogP contribution in [0.25, 0.3) is 0 Å². The second-order valence-electron chi connectivity index (χ2n) is 8.08. The first kappa shape index (κ1) is 21.8. The van der Waals surface area contributed by atoms with Crippen molar-refractivity contribution in [3.05, 3.63) is 23.9 Å². The fourth-order valence-corrected chi connectivity index (χ4v) is 3.76. The Bertz CT molecular complexity index is 621. The van der Waals surface area contributed by atoms with Gasteiger partial charge < -0.3 is 24.4 Å². The highest BCUT2D eigenvalue weighted by atomic mass is 16.5. The number of aromatic nitrogens is 1. The van der Waals surface area contributed by atoms with Gasteiger partial charge in [0.15, 0.2) is 5.96 Å². The van der Waals surface area contributed by atoms with E-state index in [1.54, 1.807) is 0 Å². The first-order valence-electron chi connectivity index (χ1n) is 10.9. The number of rotatable bonds is 7. The van der Waals surface area contributed by atoms with Crippen LogP contribution in [0.3, 0.4) is 0 Å². The van der Waals surface area contributed by atoms with E-state index in [9.17, 15) is 0 Å². The van der Waals surface area contributed by atoms with Crippen LogP contribution in [0.4, 0.5) is 0 Å². The molecule has 7 nitrogen and oxygen atoms in total. The molecule has 1 aromatic heterocycles. The minimum absolute atomic E-state index is 0.132. The van der Waals surface area contributed by atoms with E-state index in [-0.39, 0.29) is 6.10 Å². The van der Waals surface area contributed by atoms with Crippen LogP contribution in [0.5, 0.6) is 5.88 Å². The lowest BCUT2D eigenvalue weighted by Crippen LogP contribution is -2.47. The maximum Gasteiger partial charge on any atom is 0.213 e. The van der Waals surface area contributed by atoms with E-state index in [0.29, 0.717) is 24.6 Å². The van der Waals surface area contributed by atoms with Crippen molar-refractivity contribution in [3.8, 4) is 5.88 Å². The number of piperidine rings is 1. The van der Waals surface area contributed by atoms with E-state index in [2.05, 4.69) is 20.2 Å². The zero-order chi connectivity index (χ0) is 20.5. The fraction of sp³-hybridized carbons (Fsp3) is 0.727. The number of hydrogen-bond donors (Lipinski definition) is 1. The number of guanidine groups is 1. The lowest BCUT2D eigenvalue weighted by molar-refractivity contribution is -0.0721. The van der Waals surface area contributed by atoms with E-state index < -0.39 is 0 Å². The molecule has 0 saturated carbocycles. The van der Waals surface area contributed by atoms with Crippen LogP contribution in [0.1, 0.15) is 51.5 Å². The molecule has 0 amide bonds. The van der Waals surface area contributed by atoms with Gasteiger partial charge in [-0.1, -0.05) is 6.07 Å². The molecule has 29 heavy (non-hydrogen) atoms. The molecule has 3 rings (SSSR count). The van der Waals surface area contributed by atoms with Crippen molar-refractivity contribution in [1.82, 2.24) is 15.2 Å². The highest BCUT2D eigenvalue weighted by Gasteiger charge is 2.23. The van der Waals surface area contributed by atoms with E-state index in [0.717, 1.165) is 57.1 Å². The number of nitrogens with zero attached hydrogens (tertiary/aromatic N) is 3. The standard InChI is InChI=1S/C22H36N4O3/c1-17(2)29-21-8-7-18(14-24-21)15-25-22(23-3)26-11-9-19(10-12-26)28-16-20-6-4-5-13-27-20/h7-8,14,17,19-20H,4-6,9-13,15-16H2,1-3H3,(H,23,25). The third-order valence-electron chi connectivity index (χ3n) is 5.35. The van der Waals surface area contributed by atoms with Crippen molar-refractivity contribution in [1.29, 1.82) is 0 Å². The van der Waals surface area contributed by atoms with Crippen LogP contribution in [0.15, 0.2) is 23.3 Å². The molecule has 1 unspecified atom stereocenters. The third-order valence-corrected chi connectivity index (χ3v) is 5.35. The Labute approximate surface area is 174 Å². The summed E-state index contributed by atoms with van der Waals surface area (Å²) in [4.78, 5) is 11.1. The van der Waals surface area contributed by atoms with E-state index in [1.165, 1.54) is 12.8 Å². The zero-order valence-electron chi connectivity index (χ0n) is 18.1. The van der Waals surface area contributed by atoms with Gasteiger partial charge in [0, 0.05) is 45.6 Å². The van der Waals surface area contributed by atoms with Crippen molar-refractivity contribution in [2.24, 2.45) is 4.99 Å². The molecule has 1 atom stereocenters. The fourth-order valence-electron chi connectivity index (χ4n) is 3.76. The van der Waals surface area contributed by atoms with Crippen molar-refractivity contribution >= 4 is 5.96 Å². The van der Waals surface area contributed by atoms with Gasteiger partial charge in [0.25, 0.3) is 0 Å². The Morgan fingerprint density at radius 3 is 2.72 bits per heavy atom. The van der Waals surface area contributed by atoms with Gasteiger partial charge in [-0.25, -0.2) is 4.98 Å². The molecule has 2 aliphatic rings. The largest absolute Gasteiger partial charge is 0.475 e. The summed E-state index contributed by atoms with van der Waals surface area (Å²) in [6.45, 7) is 8.22. The first-order valence-corrected chi connectivity index (χ1v) is 10.9. The third kappa shape index (κ3) is 7.16. The summed E-state index contributed by atoms with van der Waals surface area (Å²) in [5.41, 5.74) is 1.10. The van der Waals surface area contributed by atoms with Gasteiger partial charge >= 0.3 is 0 Å². The van der Waals surface area contributed by atoms with Crippen LogP contribution in [0, 0.1) is 0 Å². The Morgan fingerprint density at radius 1 is 1.28 bits per heavy atom. The highest BCUT2D eigenvalue weighted by molar-refractivity contribution is 5.79. The molecule has 162 valence electrons. The van der Waals surface area contributed by atoms with E-state index in [1.807, 2.05) is 39.2 Å². The Kier molecular flexibility index (Phi) is 8.55. The number of nitrogens with one attached hydrogen (secondary N) is 1. The SMILES string of the molecule is CN=C(NCc1ccc(OC(C)C)nc1)N1CCC(OCC2CCCCO2)CC1. The second-order valence-corrected chi connectivity index (χ2v) is 8.08. The lowest BCUT2D eigenvalue weighted by atomic mass is 10.1. The number of ether oxygens (including phenoxy) is 3. The number of aliphatic imine (C=N–C) groups is 1. The van der Waals surface area contributed by atoms with Crippen LogP contribution < -0.4 is 10.1 Å². The molecule has 0 radical (unpaired) electrons. The molecule has 3 heterocycles. The monoisotopic (exact) mass is 404 g/mol. The minimum Gasteiger partial charge on any atom is -0.475 e. The number of likely N-dealkylation sites (tertiary alicyclic amines) is 1. The van der Waals surface area contributed by atoms with Crippen molar-refractivity contribution < 1.29 is 14.2 Å². The Balaban J connectivity index is 1.38. The lowest BCUT2D eigenvalue weighted by Gasteiger charge is -2.35. The summed E-state index contributed by atoms with van der Waals surface area (Å²) in [7, 11) is 1.84. The van der Waals surface area contributed by atoms with Gasteiger partial charge in [0.2, 0.25) is 5.88 Å². The molecular formula is C22H36N4O3. The van der Waals surface area contributed by atoms with Crippen LogP contribution in [0.2, 0.25) is 0 Å². The molecule has 2 fully saturated rings. The summed E-state index contributed by atoms with van der Waals surface area (Å²) in [6.07, 6.45) is 8.24. The summed E-state index contributed by atoms with van der Waals surface area (Å²) >= 11 is 0. The van der Waals surface area contributed by atoms with Crippen molar-refractivity contribution in [2.75, 3.05) is 33.4 Å². The van der Waals surface area contributed by atoms with Gasteiger partial charge in [-0.2, -0.15) is 0 Å². The minimum atomic E-state index is 0.132.